The molecule has 2 unspecified atom stereocenters. The second-order valence-electron chi connectivity index (χ2n) is 6.42. The van der Waals surface area contributed by atoms with Crippen LogP contribution in [0.5, 0.6) is 0 Å². The van der Waals surface area contributed by atoms with Crippen LogP contribution in [0, 0.1) is 5.92 Å². The molecule has 0 amide bonds. The zero-order valence-corrected chi connectivity index (χ0v) is 13.7. The lowest BCUT2D eigenvalue weighted by molar-refractivity contribution is 0.375. The standard InChI is InChI=1S/C18H22N6/c1-2-13(11-20-5-1)12-23-18-17-16(21-8-9-22-17)10-15(24-18)14-3-6-19-7-4-14/h3-4,6-9,13,15,20H,1-2,5,10-12H2,(H,23,24). The van der Waals surface area contributed by atoms with Gasteiger partial charge in [-0.25, -0.2) is 4.98 Å². The summed E-state index contributed by atoms with van der Waals surface area (Å²) in [5.74, 6) is 1.51. The Labute approximate surface area is 141 Å². The summed E-state index contributed by atoms with van der Waals surface area (Å²) in [7, 11) is 0. The summed E-state index contributed by atoms with van der Waals surface area (Å²) in [6, 6.07) is 4.13. The van der Waals surface area contributed by atoms with Crippen molar-refractivity contribution in [3.63, 3.8) is 0 Å². The van der Waals surface area contributed by atoms with E-state index in [2.05, 4.69) is 25.6 Å². The first-order valence-electron chi connectivity index (χ1n) is 8.63. The van der Waals surface area contributed by atoms with Gasteiger partial charge in [-0.3, -0.25) is 15.0 Å². The number of aliphatic imine (C=N–C) groups is 1. The molecule has 0 aliphatic carbocycles. The maximum atomic E-state index is 4.93. The van der Waals surface area contributed by atoms with E-state index in [1.807, 2.05) is 24.5 Å². The summed E-state index contributed by atoms with van der Waals surface area (Å²) in [5.41, 5.74) is 3.07. The molecular formula is C18H22N6. The Balaban J connectivity index is 1.57. The molecule has 0 spiro atoms. The van der Waals surface area contributed by atoms with Gasteiger partial charge in [-0.1, -0.05) is 0 Å². The Morgan fingerprint density at radius 1 is 1.12 bits per heavy atom. The number of nitrogens with zero attached hydrogens (tertiary/aromatic N) is 4. The largest absolute Gasteiger partial charge is 0.368 e. The minimum atomic E-state index is 0.0733. The molecule has 0 radical (unpaired) electrons. The Morgan fingerprint density at radius 2 is 2.00 bits per heavy atom. The first-order chi connectivity index (χ1) is 11.9. The maximum absolute atomic E-state index is 4.93. The third kappa shape index (κ3) is 3.28. The van der Waals surface area contributed by atoms with Crippen molar-refractivity contribution in [3.05, 3.63) is 53.9 Å². The lowest BCUT2D eigenvalue weighted by Crippen LogP contribution is -2.40. The lowest BCUT2D eigenvalue weighted by Gasteiger charge is -2.26. The van der Waals surface area contributed by atoms with Gasteiger partial charge in [0, 0.05) is 37.8 Å². The zero-order valence-electron chi connectivity index (χ0n) is 13.7. The van der Waals surface area contributed by atoms with Crippen LogP contribution in [-0.2, 0) is 6.42 Å². The van der Waals surface area contributed by atoms with Gasteiger partial charge in [-0.05, 0) is 49.5 Å². The van der Waals surface area contributed by atoms with E-state index < -0.39 is 0 Å². The van der Waals surface area contributed by atoms with Gasteiger partial charge >= 0.3 is 0 Å². The van der Waals surface area contributed by atoms with Gasteiger partial charge in [0.25, 0.3) is 0 Å². The molecule has 2 N–H and O–H groups in total. The van der Waals surface area contributed by atoms with Crippen molar-refractivity contribution in [1.29, 1.82) is 0 Å². The first kappa shape index (κ1) is 15.2. The van der Waals surface area contributed by atoms with E-state index in [1.54, 1.807) is 12.4 Å². The monoisotopic (exact) mass is 322 g/mol. The van der Waals surface area contributed by atoms with Crippen LogP contribution >= 0.6 is 0 Å². The van der Waals surface area contributed by atoms with Crippen LogP contribution in [0.4, 0.5) is 0 Å². The molecule has 0 aromatic carbocycles. The minimum Gasteiger partial charge on any atom is -0.368 e. The molecule has 24 heavy (non-hydrogen) atoms. The van der Waals surface area contributed by atoms with Crippen molar-refractivity contribution in [2.75, 3.05) is 19.6 Å². The highest BCUT2D eigenvalue weighted by atomic mass is 15.1. The molecule has 6 heteroatoms. The van der Waals surface area contributed by atoms with E-state index >= 15 is 0 Å². The lowest BCUT2D eigenvalue weighted by atomic mass is 9.98. The van der Waals surface area contributed by atoms with Crippen LogP contribution in [0.15, 0.2) is 41.9 Å². The van der Waals surface area contributed by atoms with E-state index in [0.717, 1.165) is 43.3 Å². The van der Waals surface area contributed by atoms with Gasteiger partial charge in [0.1, 0.15) is 11.5 Å². The van der Waals surface area contributed by atoms with Crippen molar-refractivity contribution in [2.24, 2.45) is 10.9 Å². The quantitative estimate of drug-likeness (QED) is 0.896. The fourth-order valence-corrected chi connectivity index (χ4v) is 3.41. The molecular weight excluding hydrogens is 300 g/mol. The number of amidine groups is 1. The van der Waals surface area contributed by atoms with Crippen molar-refractivity contribution in [3.8, 4) is 0 Å². The second kappa shape index (κ2) is 7.05. The number of piperidine rings is 1. The van der Waals surface area contributed by atoms with Gasteiger partial charge in [0.2, 0.25) is 0 Å². The SMILES string of the molecule is c1cc(C2Cc3nccnc3C(NCC3CCCNC3)=N2)ccn1. The molecule has 124 valence electrons. The van der Waals surface area contributed by atoms with Crippen molar-refractivity contribution in [2.45, 2.75) is 25.3 Å². The summed E-state index contributed by atoms with van der Waals surface area (Å²) < 4.78 is 0. The molecule has 1 fully saturated rings. The predicted octanol–water partition coefficient (Wildman–Crippen LogP) is 1.50. The van der Waals surface area contributed by atoms with E-state index in [0.29, 0.717) is 5.92 Å². The molecule has 2 aromatic heterocycles. The van der Waals surface area contributed by atoms with E-state index in [-0.39, 0.29) is 6.04 Å². The highest BCUT2D eigenvalue weighted by Crippen LogP contribution is 2.27. The Hall–Kier alpha value is -2.34. The molecule has 2 aliphatic heterocycles. The second-order valence-corrected chi connectivity index (χ2v) is 6.42. The average molecular weight is 322 g/mol. The molecule has 2 aliphatic rings. The van der Waals surface area contributed by atoms with Gasteiger partial charge < -0.3 is 10.6 Å². The van der Waals surface area contributed by atoms with Crippen LogP contribution in [0.25, 0.3) is 0 Å². The first-order valence-corrected chi connectivity index (χ1v) is 8.63. The topological polar surface area (TPSA) is 75.1 Å². The highest BCUT2D eigenvalue weighted by Gasteiger charge is 2.25. The van der Waals surface area contributed by atoms with Crippen LogP contribution in [0.2, 0.25) is 0 Å². The zero-order chi connectivity index (χ0) is 16.2. The van der Waals surface area contributed by atoms with Crippen LogP contribution in [0.1, 0.15) is 35.8 Å². The molecule has 4 rings (SSSR count). The summed E-state index contributed by atoms with van der Waals surface area (Å²) in [6.07, 6.45) is 10.4. The van der Waals surface area contributed by atoms with Crippen molar-refractivity contribution >= 4 is 5.84 Å². The number of aromatic nitrogens is 3. The minimum absolute atomic E-state index is 0.0733. The van der Waals surface area contributed by atoms with Crippen molar-refractivity contribution < 1.29 is 0 Å². The predicted molar refractivity (Wildman–Crippen MR) is 92.8 cm³/mol. The fraction of sp³-hybridized carbons (Fsp3) is 0.444. The smallest absolute Gasteiger partial charge is 0.149 e. The van der Waals surface area contributed by atoms with Gasteiger partial charge in [-0.15, -0.1) is 0 Å². The van der Waals surface area contributed by atoms with Crippen LogP contribution in [0.3, 0.4) is 0 Å². The summed E-state index contributed by atoms with van der Waals surface area (Å²) in [4.78, 5) is 18.1. The van der Waals surface area contributed by atoms with Gasteiger partial charge in [0.05, 0.1) is 11.7 Å². The van der Waals surface area contributed by atoms with Crippen LogP contribution in [-0.4, -0.2) is 40.4 Å². The number of fused-ring (bicyclic) bond motifs is 1. The third-order valence-corrected chi connectivity index (χ3v) is 4.72. The molecule has 2 aromatic rings. The Bertz CT molecular complexity index is 708. The number of rotatable bonds is 3. The van der Waals surface area contributed by atoms with E-state index in [9.17, 15) is 0 Å². The van der Waals surface area contributed by atoms with Gasteiger partial charge in [-0.2, -0.15) is 0 Å². The van der Waals surface area contributed by atoms with Gasteiger partial charge in [0.15, 0.2) is 0 Å². The molecule has 0 saturated carbocycles. The van der Waals surface area contributed by atoms with E-state index in [1.165, 1.54) is 18.4 Å². The maximum Gasteiger partial charge on any atom is 0.149 e. The molecule has 2 atom stereocenters. The summed E-state index contributed by atoms with van der Waals surface area (Å²) in [6.45, 7) is 3.13. The Morgan fingerprint density at radius 3 is 2.83 bits per heavy atom. The molecule has 0 bridgehead atoms. The van der Waals surface area contributed by atoms with Crippen molar-refractivity contribution in [1.82, 2.24) is 25.6 Å². The summed E-state index contributed by atoms with van der Waals surface area (Å²) in [5, 5.41) is 7.00. The third-order valence-electron chi connectivity index (χ3n) is 4.72. The highest BCUT2D eigenvalue weighted by molar-refractivity contribution is 5.98. The average Bonchev–Trinajstić information content (AvgIpc) is 2.67. The fourth-order valence-electron chi connectivity index (χ4n) is 3.41. The normalized spacial score (nSPS) is 23.2. The Kier molecular flexibility index (Phi) is 4.46. The number of hydrogen-bond acceptors (Lipinski definition) is 6. The summed E-state index contributed by atoms with van der Waals surface area (Å²) >= 11 is 0. The number of hydrogen-bond donors (Lipinski definition) is 2. The van der Waals surface area contributed by atoms with Crippen LogP contribution < -0.4 is 10.6 Å². The van der Waals surface area contributed by atoms with E-state index in [4.69, 9.17) is 4.99 Å². The number of nitrogens with one attached hydrogen (secondary N) is 2. The molecule has 4 heterocycles. The number of pyridine rings is 1. The molecule has 6 nitrogen and oxygen atoms in total. The molecule has 1 saturated heterocycles.